The van der Waals surface area contributed by atoms with Crippen molar-refractivity contribution in [3.8, 4) is 23.0 Å². The number of amides is 1. The van der Waals surface area contributed by atoms with Gasteiger partial charge in [-0.1, -0.05) is 35.3 Å². The molecule has 0 fully saturated rings. The Kier molecular flexibility index (Phi) is 8.30. The lowest BCUT2D eigenvalue weighted by Gasteiger charge is -2.30. The van der Waals surface area contributed by atoms with Crippen molar-refractivity contribution < 1.29 is 27.4 Å². The molecule has 0 radical (unpaired) electrons. The van der Waals surface area contributed by atoms with Crippen molar-refractivity contribution in [1.82, 2.24) is 4.90 Å². The van der Waals surface area contributed by atoms with E-state index >= 15 is 0 Å². The van der Waals surface area contributed by atoms with E-state index in [0.29, 0.717) is 52.6 Å². The van der Waals surface area contributed by atoms with Crippen LogP contribution in [0.2, 0.25) is 10.0 Å². The van der Waals surface area contributed by atoms with E-state index in [-0.39, 0.29) is 22.1 Å². The SMILES string of the molecule is COc1cc2c(cc1OC)CN(C(=O)c1cc(Cl)ccc1NS(=O)(=O)c1ccc(Oc3ccccc3Cl)cc1)CC2. The van der Waals surface area contributed by atoms with Gasteiger partial charge in [-0.15, -0.1) is 0 Å². The zero-order valence-electron chi connectivity index (χ0n) is 22.2. The molecule has 0 unspecified atom stereocenters. The van der Waals surface area contributed by atoms with Crippen LogP contribution in [0.25, 0.3) is 0 Å². The summed E-state index contributed by atoms with van der Waals surface area (Å²) in [5.74, 6) is 1.71. The summed E-state index contributed by atoms with van der Waals surface area (Å²) in [7, 11) is -0.920. The molecule has 1 aliphatic heterocycles. The van der Waals surface area contributed by atoms with Crippen molar-refractivity contribution in [2.75, 3.05) is 25.5 Å². The van der Waals surface area contributed by atoms with Gasteiger partial charge in [0.25, 0.3) is 15.9 Å². The predicted octanol–water partition coefficient (Wildman–Crippen LogP) is 6.80. The zero-order valence-corrected chi connectivity index (χ0v) is 24.5. The van der Waals surface area contributed by atoms with E-state index in [0.717, 1.165) is 11.1 Å². The van der Waals surface area contributed by atoms with Crippen LogP contribution in [0.5, 0.6) is 23.0 Å². The number of sulfonamides is 1. The monoisotopic (exact) mass is 612 g/mol. The largest absolute Gasteiger partial charge is 0.493 e. The number of rotatable bonds is 8. The van der Waals surface area contributed by atoms with Gasteiger partial charge in [0, 0.05) is 18.1 Å². The van der Waals surface area contributed by atoms with Gasteiger partial charge in [-0.25, -0.2) is 8.42 Å². The zero-order chi connectivity index (χ0) is 29.1. The van der Waals surface area contributed by atoms with Crippen LogP contribution in [0.3, 0.4) is 0 Å². The number of nitrogens with one attached hydrogen (secondary N) is 1. The summed E-state index contributed by atoms with van der Waals surface area (Å²) >= 11 is 12.4. The average Bonchev–Trinajstić information content (AvgIpc) is 2.98. The number of carbonyl (C=O) groups excluding carboxylic acids is 1. The summed E-state index contributed by atoms with van der Waals surface area (Å²) in [4.78, 5) is 15.3. The molecule has 0 aliphatic carbocycles. The first kappa shape index (κ1) is 28.6. The Morgan fingerprint density at radius 2 is 1.54 bits per heavy atom. The first-order valence-corrected chi connectivity index (χ1v) is 14.8. The first-order chi connectivity index (χ1) is 19.7. The molecule has 1 heterocycles. The van der Waals surface area contributed by atoms with Crippen LogP contribution < -0.4 is 18.9 Å². The minimum Gasteiger partial charge on any atom is -0.493 e. The van der Waals surface area contributed by atoms with Crippen LogP contribution in [-0.4, -0.2) is 40.0 Å². The second kappa shape index (κ2) is 11.9. The van der Waals surface area contributed by atoms with Gasteiger partial charge in [0.2, 0.25) is 0 Å². The van der Waals surface area contributed by atoms with E-state index in [4.69, 9.17) is 37.4 Å². The molecule has 0 saturated heterocycles. The average molecular weight is 614 g/mol. The smallest absolute Gasteiger partial charge is 0.261 e. The molecule has 0 aromatic heterocycles. The highest BCUT2D eigenvalue weighted by Gasteiger charge is 2.27. The standard InChI is InChI=1S/C30H26Cl2N2O6S/c1-38-28-15-19-13-14-34(18-20(19)16-29(28)39-2)30(35)24-17-21(31)7-12-26(24)33-41(36,37)23-10-8-22(9-11-23)40-27-6-4-3-5-25(27)32/h3-12,15-17,33H,13-14,18H2,1-2H3. The lowest BCUT2D eigenvalue weighted by atomic mass is 9.98. The number of nitrogens with zero attached hydrogens (tertiary/aromatic N) is 1. The number of benzene rings is 4. The summed E-state index contributed by atoms with van der Waals surface area (Å²) in [5.41, 5.74) is 2.24. The van der Waals surface area contributed by atoms with Crippen LogP contribution in [-0.2, 0) is 23.0 Å². The minimum absolute atomic E-state index is 0.00898. The molecule has 212 valence electrons. The Morgan fingerprint density at radius 3 is 2.22 bits per heavy atom. The fourth-order valence-corrected chi connectivity index (χ4v) is 5.98. The topological polar surface area (TPSA) is 94.2 Å². The van der Waals surface area contributed by atoms with Crippen LogP contribution in [0.4, 0.5) is 5.69 Å². The second-order valence-corrected chi connectivity index (χ2v) is 11.8. The molecular formula is C30H26Cl2N2O6S. The number of anilines is 1. The van der Waals surface area contributed by atoms with Gasteiger partial charge in [0.05, 0.1) is 35.4 Å². The molecule has 11 heteroatoms. The number of methoxy groups -OCH3 is 2. The van der Waals surface area contributed by atoms with Gasteiger partial charge in [-0.2, -0.15) is 0 Å². The van der Waals surface area contributed by atoms with Crippen molar-refractivity contribution in [2.24, 2.45) is 0 Å². The molecule has 41 heavy (non-hydrogen) atoms. The highest BCUT2D eigenvalue weighted by molar-refractivity contribution is 7.92. The van der Waals surface area contributed by atoms with E-state index in [9.17, 15) is 13.2 Å². The van der Waals surface area contributed by atoms with E-state index in [1.807, 2.05) is 12.1 Å². The number of ether oxygens (including phenoxy) is 3. The fraction of sp³-hybridized carbons (Fsp3) is 0.167. The van der Waals surface area contributed by atoms with Gasteiger partial charge < -0.3 is 19.1 Å². The van der Waals surface area contributed by atoms with E-state index in [1.165, 1.54) is 42.5 Å². The molecule has 4 aromatic carbocycles. The second-order valence-electron chi connectivity index (χ2n) is 9.25. The van der Waals surface area contributed by atoms with Gasteiger partial charge >= 0.3 is 0 Å². The van der Waals surface area contributed by atoms with E-state index < -0.39 is 10.0 Å². The summed E-state index contributed by atoms with van der Waals surface area (Å²) in [6.07, 6.45) is 0.603. The number of hydrogen-bond acceptors (Lipinski definition) is 6. The van der Waals surface area contributed by atoms with Gasteiger partial charge in [-0.3, -0.25) is 9.52 Å². The molecule has 8 nitrogen and oxygen atoms in total. The number of fused-ring (bicyclic) bond motifs is 1. The Morgan fingerprint density at radius 1 is 0.854 bits per heavy atom. The normalized spacial score (nSPS) is 12.8. The maximum Gasteiger partial charge on any atom is 0.261 e. The molecule has 0 atom stereocenters. The molecular weight excluding hydrogens is 587 g/mol. The third kappa shape index (κ3) is 6.22. The molecule has 1 aliphatic rings. The summed E-state index contributed by atoms with van der Waals surface area (Å²) in [5, 5.41) is 0.739. The Bertz CT molecular complexity index is 1710. The molecule has 0 spiro atoms. The van der Waals surface area contributed by atoms with Crippen LogP contribution in [0.15, 0.2) is 83.8 Å². The first-order valence-electron chi connectivity index (χ1n) is 12.6. The molecule has 1 amide bonds. The predicted molar refractivity (Wildman–Crippen MR) is 158 cm³/mol. The maximum absolute atomic E-state index is 13.7. The van der Waals surface area contributed by atoms with Crippen LogP contribution in [0.1, 0.15) is 21.5 Å². The van der Waals surface area contributed by atoms with Crippen LogP contribution in [0, 0.1) is 0 Å². The molecule has 0 saturated carbocycles. The lowest BCUT2D eigenvalue weighted by molar-refractivity contribution is 0.0735. The number of para-hydroxylation sites is 1. The van der Waals surface area contributed by atoms with Crippen LogP contribution >= 0.6 is 23.2 Å². The van der Waals surface area contributed by atoms with Crippen molar-refractivity contribution in [2.45, 2.75) is 17.9 Å². The van der Waals surface area contributed by atoms with Crippen molar-refractivity contribution in [1.29, 1.82) is 0 Å². The highest BCUT2D eigenvalue weighted by atomic mass is 35.5. The molecule has 5 rings (SSSR count). The minimum atomic E-state index is -4.05. The van der Waals surface area contributed by atoms with Gasteiger partial charge in [0.15, 0.2) is 11.5 Å². The summed E-state index contributed by atoms with van der Waals surface area (Å²) < 4.78 is 45.7. The van der Waals surface area contributed by atoms with Crippen molar-refractivity contribution in [3.05, 3.63) is 106 Å². The number of hydrogen-bond donors (Lipinski definition) is 1. The lowest BCUT2D eigenvalue weighted by Crippen LogP contribution is -2.36. The van der Waals surface area contributed by atoms with E-state index in [2.05, 4.69) is 4.72 Å². The van der Waals surface area contributed by atoms with E-state index in [1.54, 1.807) is 43.4 Å². The van der Waals surface area contributed by atoms with Gasteiger partial charge in [-0.05, 0) is 84.3 Å². The Hall–Kier alpha value is -3.92. The van der Waals surface area contributed by atoms with Crippen molar-refractivity contribution >= 4 is 44.8 Å². The third-order valence-corrected chi connectivity index (χ3v) is 8.59. The van der Waals surface area contributed by atoms with Gasteiger partial charge in [0.1, 0.15) is 11.5 Å². The number of carbonyl (C=O) groups is 1. The molecule has 1 N–H and O–H groups in total. The Balaban J connectivity index is 1.36. The summed E-state index contributed by atoms with van der Waals surface area (Å²) in [6.45, 7) is 0.757. The van der Waals surface area contributed by atoms with Crippen molar-refractivity contribution in [3.63, 3.8) is 0 Å². The fourth-order valence-electron chi connectivity index (χ4n) is 4.55. The highest BCUT2D eigenvalue weighted by Crippen LogP contribution is 2.35. The molecule has 4 aromatic rings. The number of halogens is 2. The third-order valence-electron chi connectivity index (χ3n) is 6.66. The Labute approximate surface area is 248 Å². The summed E-state index contributed by atoms with van der Waals surface area (Å²) in [6, 6.07) is 21.1. The molecule has 0 bridgehead atoms. The quantitative estimate of drug-likeness (QED) is 0.235. The maximum atomic E-state index is 13.7.